The van der Waals surface area contributed by atoms with Gasteiger partial charge in [-0.05, 0) is 38.7 Å². The van der Waals surface area contributed by atoms with Crippen molar-refractivity contribution in [3.8, 4) is 0 Å². The number of nitrogens with two attached hydrogens (primary N) is 1. The second-order valence-corrected chi connectivity index (χ2v) is 3.63. The van der Waals surface area contributed by atoms with E-state index in [-0.39, 0.29) is 12.5 Å². The number of hydrogen-bond donors (Lipinski definition) is 1. The van der Waals surface area contributed by atoms with Crippen LogP contribution in [0.3, 0.4) is 0 Å². The Morgan fingerprint density at radius 3 is 2.45 bits per heavy atom. The van der Waals surface area contributed by atoms with E-state index < -0.39 is 5.67 Å². The van der Waals surface area contributed by atoms with Gasteiger partial charge >= 0.3 is 0 Å². The molecule has 1 aliphatic rings. The maximum Gasteiger partial charge on any atom is 0.144 e. The van der Waals surface area contributed by atoms with Crippen LogP contribution in [0, 0.1) is 5.92 Å². The second kappa shape index (κ2) is 2.94. The molecule has 1 atom stereocenters. The molecule has 1 saturated carbocycles. The lowest BCUT2D eigenvalue weighted by Gasteiger charge is -2.19. The minimum Gasteiger partial charge on any atom is -0.327 e. The van der Waals surface area contributed by atoms with Crippen LogP contribution in [0.4, 0.5) is 4.39 Å². The molecule has 2 N–H and O–H groups in total. The van der Waals surface area contributed by atoms with Crippen molar-refractivity contribution in [1.29, 1.82) is 0 Å². The molecular formula is C9H16FN. The molecule has 1 fully saturated rings. The van der Waals surface area contributed by atoms with Crippen molar-refractivity contribution in [3.05, 3.63) is 11.6 Å². The molecule has 0 aromatic carbocycles. The summed E-state index contributed by atoms with van der Waals surface area (Å²) in [6.45, 7) is 3.95. The van der Waals surface area contributed by atoms with Gasteiger partial charge in [0.05, 0.1) is 0 Å². The predicted octanol–water partition coefficient (Wildman–Crippen LogP) is 2.03. The van der Waals surface area contributed by atoms with Crippen LogP contribution in [-0.2, 0) is 0 Å². The highest BCUT2D eigenvalue weighted by Gasteiger charge is 2.42. The summed E-state index contributed by atoms with van der Waals surface area (Å²) in [6, 6.07) is 0. The molecule has 1 rings (SSSR count). The zero-order valence-electron chi connectivity index (χ0n) is 7.23. The Hall–Kier alpha value is -0.370. The van der Waals surface area contributed by atoms with Gasteiger partial charge in [-0.15, -0.1) is 0 Å². The molecule has 0 radical (unpaired) electrons. The predicted molar refractivity (Wildman–Crippen MR) is 45.0 cm³/mol. The maximum absolute atomic E-state index is 13.8. The Bertz CT molecular complexity index is 168. The molecule has 1 nitrogen and oxygen atoms in total. The van der Waals surface area contributed by atoms with Crippen molar-refractivity contribution < 1.29 is 4.39 Å². The summed E-state index contributed by atoms with van der Waals surface area (Å²) in [4.78, 5) is 0. The first-order valence-corrected chi connectivity index (χ1v) is 4.13. The van der Waals surface area contributed by atoms with Gasteiger partial charge in [-0.2, -0.15) is 0 Å². The van der Waals surface area contributed by atoms with Gasteiger partial charge in [-0.1, -0.05) is 5.57 Å². The highest BCUT2D eigenvalue weighted by atomic mass is 19.1. The van der Waals surface area contributed by atoms with Gasteiger partial charge in [-0.3, -0.25) is 0 Å². The van der Waals surface area contributed by atoms with Crippen molar-refractivity contribution in [3.63, 3.8) is 0 Å². The lowest BCUT2D eigenvalue weighted by molar-refractivity contribution is 0.204. The van der Waals surface area contributed by atoms with Crippen LogP contribution >= 0.6 is 0 Å². The molecule has 0 bridgehead atoms. The van der Waals surface area contributed by atoms with Gasteiger partial charge in [0.1, 0.15) is 5.67 Å². The van der Waals surface area contributed by atoms with E-state index >= 15 is 0 Å². The Morgan fingerprint density at radius 2 is 2.18 bits per heavy atom. The Kier molecular flexibility index (Phi) is 2.33. The van der Waals surface area contributed by atoms with E-state index in [1.54, 1.807) is 6.08 Å². The Labute approximate surface area is 67.5 Å². The van der Waals surface area contributed by atoms with E-state index in [2.05, 4.69) is 0 Å². The maximum atomic E-state index is 13.8. The minimum absolute atomic E-state index is 0.128. The molecule has 11 heavy (non-hydrogen) atoms. The summed E-state index contributed by atoms with van der Waals surface area (Å²) in [7, 11) is 0. The molecule has 0 aromatic rings. The van der Waals surface area contributed by atoms with Gasteiger partial charge in [0.25, 0.3) is 0 Å². The van der Waals surface area contributed by atoms with Gasteiger partial charge in [0.2, 0.25) is 0 Å². The smallest absolute Gasteiger partial charge is 0.144 e. The SMILES string of the molecule is CC(C)=CC(F)(CN)C1CC1. The van der Waals surface area contributed by atoms with Gasteiger partial charge in [0, 0.05) is 6.54 Å². The fraction of sp³-hybridized carbons (Fsp3) is 0.778. The van der Waals surface area contributed by atoms with Crippen LogP contribution in [0.1, 0.15) is 26.7 Å². The second-order valence-electron chi connectivity index (χ2n) is 3.63. The first kappa shape index (κ1) is 8.72. The number of allylic oxidation sites excluding steroid dienone is 1. The van der Waals surface area contributed by atoms with Crippen molar-refractivity contribution in [2.45, 2.75) is 32.4 Å². The van der Waals surface area contributed by atoms with E-state index in [4.69, 9.17) is 5.73 Å². The quantitative estimate of drug-likeness (QED) is 0.623. The van der Waals surface area contributed by atoms with Crippen molar-refractivity contribution >= 4 is 0 Å². The molecule has 0 saturated heterocycles. The molecular weight excluding hydrogens is 141 g/mol. The summed E-state index contributed by atoms with van der Waals surface area (Å²) in [6.07, 6.45) is 3.67. The van der Waals surface area contributed by atoms with Crippen molar-refractivity contribution in [1.82, 2.24) is 0 Å². The van der Waals surface area contributed by atoms with Crippen molar-refractivity contribution in [2.24, 2.45) is 11.7 Å². The van der Waals surface area contributed by atoms with Crippen LogP contribution in [0.5, 0.6) is 0 Å². The van der Waals surface area contributed by atoms with Crippen molar-refractivity contribution in [2.75, 3.05) is 6.54 Å². The number of halogens is 1. The molecule has 0 amide bonds. The summed E-state index contributed by atoms with van der Waals surface area (Å²) in [5.74, 6) is 0.197. The van der Waals surface area contributed by atoms with E-state index in [9.17, 15) is 4.39 Å². The fourth-order valence-corrected chi connectivity index (χ4v) is 1.39. The third kappa shape index (κ3) is 2.03. The largest absolute Gasteiger partial charge is 0.327 e. The lowest BCUT2D eigenvalue weighted by Crippen LogP contribution is -2.33. The number of rotatable bonds is 3. The molecule has 0 heterocycles. The zero-order valence-corrected chi connectivity index (χ0v) is 7.23. The first-order valence-electron chi connectivity index (χ1n) is 4.13. The third-order valence-corrected chi connectivity index (χ3v) is 2.10. The Balaban J connectivity index is 2.66. The summed E-state index contributed by atoms with van der Waals surface area (Å²) < 4.78 is 13.8. The third-order valence-electron chi connectivity index (χ3n) is 2.10. The minimum atomic E-state index is -1.21. The van der Waals surface area contributed by atoms with Gasteiger partial charge in [-0.25, -0.2) is 4.39 Å². The summed E-state index contributed by atoms with van der Waals surface area (Å²) in [5, 5.41) is 0. The molecule has 0 aliphatic heterocycles. The van der Waals surface area contributed by atoms with Gasteiger partial charge in [0.15, 0.2) is 0 Å². The van der Waals surface area contributed by atoms with Crippen LogP contribution < -0.4 is 5.73 Å². The first-order chi connectivity index (χ1) is 5.08. The highest BCUT2D eigenvalue weighted by Crippen LogP contribution is 2.42. The standard InChI is InChI=1S/C9H16FN/c1-7(2)5-9(10,6-11)8-3-4-8/h5,8H,3-4,6,11H2,1-2H3. The Morgan fingerprint density at radius 1 is 1.64 bits per heavy atom. The van der Waals surface area contributed by atoms with Gasteiger partial charge < -0.3 is 5.73 Å². The van der Waals surface area contributed by atoms with Crippen LogP contribution in [0.25, 0.3) is 0 Å². The topological polar surface area (TPSA) is 26.0 Å². The average Bonchev–Trinajstić information content (AvgIpc) is 2.66. The summed E-state index contributed by atoms with van der Waals surface area (Å²) >= 11 is 0. The van der Waals surface area contributed by atoms with E-state index in [0.717, 1.165) is 18.4 Å². The fourth-order valence-electron chi connectivity index (χ4n) is 1.39. The molecule has 0 aromatic heterocycles. The zero-order chi connectivity index (χ0) is 8.48. The number of hydrogen-bond acceptors (Lipinski definition) is 1. The molecule has 1 unspecified atom stereocenters. The van der Waals surface area contributed by atoms with E-state index in [1.807, 2.05) is 13.8 Å². The normalized spacial score (nSPS) is 22.5. The molecule has 0 spiro atoms. The number of alkyl halides is 1. The molecule has 2 heteroatoms. The highest BCUT2D eigenvalue weighted by molar-refractivity contribution is 5.13. The monoisotopic (exact) mass is 157 g/mol. The molecule has 64 valence electrons. The summed E-state index contributed by atoms with van der Waals surface area (Å²) in [5.41, 5.74) is 5.19. The average molecular weight is 157 g/mol. The van der Waals surface area contributed by atoms with E-state index in [1.165, 1.54) is 0 Å². The van der Waals surface area contributed by atoms with Crippen LogP contribution in [0.15, 0.2) is 11.6 Å². The molecule has 1 aliphatic carbocycles. The van der Waals surface area contributed by atoms with Crippen LogP contribution in [-0.4, -0.2) is 12.2 Å². The van der Waals surface area contributed by atoms with Crippen LogP contribution in [0.2, 0.25) is 0 Å². The van der Waals surface area contributed by atoms with E-state index in [0.29, 0.717) is 0 Å². The lowest BCUT2D eigenvalue weighted by atomic mass is 9.98.